The Balaban J connectivity index is 2.45. The lowest BCUT2D eigenvalue weighted by molar-refractivity contribution is 0.619. The molecular formula is C12H13N3O. The maximum Gasteiger partial charge on any atom is 0.262 e. The second-order valence-electron chi connectivity index (χ2n) is 4.13. The first-order valence-corrected chi connectivity index (χ1v) is 5.48. The second kappa shape index (κ2) is 3.42. The smallest absolute Gasteiger partial charge is 0.262 e. The van der Waals surface area contributed by atoms with Gasteiger partial charge in [-0.15, -0.1) is 0 Å². The fraction of sp³-hybridized carbons (Fsp3) is 0.333. The number of nitrogens with zero attached hydrogens (tertiary/aromatic N) is 2. The Morgan fingerprint density at radius 3 is 3.19 bits per heavy atom. The number of aromatic nitrogens is 2. The first-order chi connectivity index (χ1) is 7.77. The summed E-state index contributed by atoms with van der Waals surface area (Å²) in [7, 11) is 0. The van der Waals surface area contributed by atoms with Crippen molar-refractivity contribution in [1.29, 1.82) is 0 Å². The Morgan fingerprint density at radius 2 is 2.31 bits per heavy atom. The van der Waals surface area contributed by atoms with Crippen LogP contribution in [-0.4, -0.2) is 15.9 Å². The van der Waals surface area contributed by atoms with Crippen LogP contribution in [-0.2, 0) is 13.0 Å². The number of rotatable bonds is 0. The number of fused-ring (bicyclic) bond motifs is 2. The molecule has 2 aromatic rings. The van der Waals surface area contributed by atoms with E-state index in [2.05, 4.69) is 10.3 Å². The molecular weight excluding hydrogens is 202 g/mol. The lowest BCUT2D eigenvalue weighted by atomic mass is 10.1. The maximum atomic E-state index is 12.3. The molecule has 0 radical (unpaired) electrons. The summed E-state index contributed by atoms with van der Waals surface area (Å²) in [4.78, 5) is 16.8. The van der Waals surface area contributed by atoms with Gasteiger partial charge in [-0.25, -0.2) is 4.98 Å². The molecule has 16 heavy (non-hydrogen) atoms. The van der Waals surface area contributed by atoms with Crippen LogP contribution in [0.25, 0.3) is 5.65 Å². The molecule has 4 nitrogen and oxygen atoms in total. The van der Waals surface area contributed by atoms with Crippen LogP contribution in [0, 0.1) is 6.92 Å². The van der Waals surface area contributed by atoms with Crippen LogP contribution in [0.1, 0.15) is 17.0 Å². The number of aryl methyl sites for hydroxylation is 1. The Labute approximate surface area is 92.9 Å². The van der Waals surface area contributed by atoms with Crippen LogP contribution in [0.5, 0.6) is 0 Å². The molecule has 1 aliphatic heterocycles. The lowest BCUT2D eigenvalue weighted by Gasteiger charge is -2.16. The quantitative estimate of drug-likeness (QED) is 0.702. The molecule has 3 rings (SSSR count). The highest BCUT2D eigenvalue weighted by atomic mass is 16.1. The Morgan fingerprint density at radius 1 is 1.44 bits per heavy atom. The number of pyridine rings is 1. The van der Waals surface area contributed by atoms with Gasteiger partial charge in [0.25, 0.3) is 5.56 Å². The van der Waals surface area contributed by atoms with Crippen LogP contribution in [0.2, 0.25) is 0 Å². The van der Waals surface area contributed by atoms with E-state index in [1.807, 2.05) is 25.1 Å². The topological polar surface area (TPSA) is 46.4 Å². The number of nitrogens with one attached hydrogen (secondary N) is 1. The van der Waals surface area contributed by atoms with E-state index in [1.165, 1.54) is 0 Å². The third-order valence-electron chi connectivity index (χ3n) is 3.06. The van der Waals surface area contributed by atoms with Crippen LogP contribution in [0.3, 0.4) is 0 Å². The molecule has 4 heteroatoms. The number of hydrogen-bond donors (Lipinski definition) is 1. The molecule has 0 fully saturated rings. The Hall–Kier alpha value is -1.68. The van der Waals surface area contributed by atoms with E-state index in [1.54, 1.807) is 4.40 Å². The van der Waals surface area contributed by atoms with Gasteiger partial charge in [-0.1, -0.05) is 6.07 Å². The summed E-state index contributed by atoms with van der Waals surface area (Å²) in [6.07, 6.45) is 0.842. The van der Waals surface area contributed by atoms with Gasteiger partial charge in [0.05, 0.1) is 11.3 Å². The third-order valence-corrected chi connectivity index (χ3v) is 3.06. The highest BCUT2D eigenvalue weighted by Gasteiger charge is 2.16. The van der Waals surface area contributed by atoms with Crippen molar-refractivity contribution in [3.63, 3.8) is 0 Å². The molecule has 0 aliphatic carbocycles. The second-order valence-corrected chi connectivity index (χ2v) is 4.13. The molecule has 82 valence electrons. The van der Waals surface area contributed by atoms with Gasteiger partial charge in [-0.05, 0) is 19.1 Å². The minimum absolute atomic E-state index is 0.0744. The first kappa shape index (κ1) is 9.54. The largest absolute Gasteiger partial charge is 0.312 e. The van der Waals surface area contributed by atoms with Crippen LogP contribution in [0.15, 0.2) is 23.0 Å². The van der Waals surface area contributed by atoms with E-state index in [9.17, 15) is 4.79 Å². The van der Waals surface area contributed by atoms with Crippen molar-refractivity contribution >= 4 is 5.65 Å². The van der Waals surface area contributed by atoms with Gasteiger partial charge in [0, 0.05) is 25.2 Å². The van der Waals surface area contributed by atoms with Gasteiger partial charge >= 0.3 is 0 Å². The van der Waals surface area contributed by atoms with E-state index in [0.717, 1.165) is 35.6 Å². The summed E-state index contributed by atoms with van der Waals surface area (Å²) in [5.41, 5.74) is 3.53. The fourth-order valence-corrected chi connectivity index (χ4v) is 2.22. The molecule has 0 aromatic carbocycles. The Kier molecular flexibility index (Phi) is 2.04. The van der Waals surface area contributed by atoms with Crippen molar-refractivity contribution in [3.8, 4) is 0 Å². The molecule has 0 saturated heterocycles. The molecule has 1 N–H and O–H groups in total. The van der Waals surface area contributed by atoms with Gasteiger partial charge in [-0.2, -0.15) is 0 Å². The summed E-state index contributed by atoms with van der Waals surface area (Å²) in [6, 6.07) is 5.75. The molecule has 2 aromatic heterocycles. The van der Waals surface area contributed by atoms with Crippen LogP contribution in [0.4, 0.5) is 0 Å². The lowest BCUT2D eigenvalue weighted by Crippen LogP contribution is -2.33. The average molecular weight is 215 g/mol. The van der Waals surface area contributed by atoms with Crippen LogP contribution >= 0.6 is 0 Å². The van der Waals surface area contributed by atoms with E-state index in [4.69, 9.17) is 0 Å². The molecule has 0 amide bonds. The molecule has 1 aliphatic rings. The average Bonchev–Trinajstić information content (AvgIpc) is 2.29. The minimum Gasteiger partial charge on any atom is -0.312 e. The van der Waals surface area contributed by atoms with E-state index in [-0.39, 0.29) is 5.56 Å². The van der Waals surface area contributed by atoms with Crippen LogP contribution < -0.4 is 10.9 Å². The predicted molar refractivity (Wildman–Crippen MR) is 61.6 cm³/mol. The molecule has 3 heterocycles. The highest BCUT2D eigenvalue weighted by Crippen LogP contribution is 2.10. The van der Waals surface area contributed by atoms with E-state index >= 15 is 0 Å². The standard InChI is InChI=1S/C12H13N3O/c1-8-3-2-4-11-14-10-5-6-13-7-9(10)12(16)15(8)11/h2-4,13H,5-7H2,1H3. The van der Waals surface area contributed by atoms with E-state index in [0.29, 0.717) is 6.54 Å². The summed E-state index contributed by atoms with van der Waals surface area (Å²) in [6.45, 7) is 3.47. The maximum absolute atomic E-state index is 12.3. The molecule has 0 bridgehead atoms. The zero-order chi connectivity index (χ0) is 11.1. The molecule has 0 saturated carbocycles. The zero-order valence-corrected chi connectivity index (χ0v) is 9.16. The normalized spacial score (nSPS) is 15.1. The number of hydrogen-bond acceptors (Lipinski definition) is 3. The van der Waals surface area contributed by atoms with Gasteiger partial charge in [-0.3, -0.25) is 9.20 Å². The third kappa shape index (κ3) is 1.27. The van der Waals surface area contributed by atoms with Crippen molar-refractivity contribution < 1.29 is 0 Å². The SMILES string of the molecule is Cc1cccc2nc3c(c(=O)n12)CNCC3. The van der Waals surface area contributed by atoms with Crippen molar-refractivity contribution in [2.45, 2.75) is 19.9 Å². The van der Waals surface area contributed by atoms with E-state index < -0.39 is 0 Å². The first-order valence-electron chi connectivity index (χ1n) is 5.48. The minimum atomic E-state index is 0.0744. The summed E-state index contributed by atoms with van der Waals surface area (Å²) < 4.78 is 1.69. The van der Waals surface area contributed by atoms with Gasteiger partial charge < -0.3 is 5.32 Å². The van der Waals surface area contributed by atoms with Crippen molar-refractivity contribution in [3.05, 3.63) is 45.5 Å². The summed E-state index contributed by atoms with van der Waals surface area (Å²) in [5, 5.41) is 3.21. The van der Waals surface area contributed by atoms with Gasteiger partial charge in [0.15, 0.2) is 0 Å². The highest BCUT2D eigenvalue weighted by molar-refractivity contribution is 5.42. The Bertz CT molecular complexity index is 615. The zero-order valence-electron chi connectivity index (χ0n) is 9.16. The van der Waals surface area contributed by atoms with Gasteiger partial charge in [0.1, 0.15) is 5.65 Å². The monoisotopic (exact) mass is 215 g/mol. The summed E-state index contributed by atoms with van der Waals surface area (Å²) in [5.74, 6) is 0. The molecule has 0 atom stereocenters. The fourth-order valence-electron chi connectivity index (χ4n) is 2.22. The van der Waals surface area contributed by atoms with Gasteiger partial charge in [0.2, 0.25) is 0 Å². The summed E-state index contributed by atoms with van der Waals surface area (Å²) >= 11 is 0. The molecule has 0 unspecified atom stereocenters. The van der Waals surface area contributed by atoms with Crippen molar-refractivity contribution in [2.75, 3.05) is 6.54 Å². The van der Waals surface area contributed by atoms with Crippen molar-refractivity contribution in [1.82, 2.24) is 14.7 Å². The predicted octanol–water partition coefficient (Wildman–Crippen LogP) is 0.649. The molecule has 0 spiro atoms. The van der Waals surface area contributed by atoms with Crippen molar-refractivity contribution in [2.24, 2.45) is 0 Å².